The molecular formula is C74H137NO10. The molecule has 85 heavy (non-hydrogen) atoms. The molecule has 1 rings (SSSR count). The highest BCUT2D eigenvalue weighted by molar-refractivity contribution is 5.76. The van der Waals surface area contributed by atoms with Crippen molar-refractivity contribution in [3.8, 4) is 0 Å². The van der Waals surface area contributed by atoms with Crippen molar-refractivity contribution < 1.29 is 49.3 Å². The molecule has 7 unspecified atom stereocenters. The number of nitrogens with one attached hydrogen (secondary N) is 1. The predicted octanol–water partition coefficient (Wildman–Crippen LogP) is 18.7. The zero-order valence-electron chi connectivity index (χ0n) is 55.3. The molecule has 498 valence electrons. The number of unbranched alkanes of at least 4 members (excludes halogenated alkanes) is 44. The fourth-order valence-electron chi connectivity index (χ4n) is 11.4. The molecule has 1 saturated heterocycles. The molecule has 1 fully saturated rings. The van der Waals surface area contributed by atoms with E-state index in [0.29, 0.717) is 19.4 Å². The van der Waals surface area contributed by atoms with E-state index in [9.17, 15) is 35.1 Å². The van der Waals surface area contributed by atoms with E-state index in [4.69, 9.17) is 14.2 Å². The van der Waals surface area contributed by atoms with Crippen LogP contribution in [0.1, 0.15) is 348 Å². The quantitative estimate of drug-likeness (QED) is 0.0195. The normalized spacial score (nSPS) is 18.2. The second-order valence-corrected chi connectivity index (χ2v) is 25.3. The van der Waals surface area contributed by atoms with E-state index in [-0.39, 0.29) is 18.5 Å². The van der Waals surface area contributed by atoms with Crippen LogP contribution in [0.2, 0.25) is 0 Å². The second-order valence-electron chi connectivity index (χ2n) is 25.3. The Balaban J connectivity index is 1.92. The smallest absolute Gasteiger partial charge is 0.305 e. The molecule has 0 aromatic carbocycles. The van der Waals surface area contributed by atoms with Crippen LogP contribution in [-0.2, 0) is 23.8 Å². The van der Waals surface area contributed by atoms with Crippen LogP contribution < -0.4 is 5.32 Å². The maximum atomic E-state index is 13.0. The molecule has 0 bridgehead atoms. The molecule has 0 aliphatic carbocycles. The summed E-state index contributed by atoms with van der Waals surface area (Å²) in [6.45, 7) is 4.32. The van der Waals surface area contributed by atoms with Gasteiger partial charge < -0.3 is 45.1 Å². The van der Waals surface area contributed by atoms with Gasteiger partial charge in [-0.25, -0.2) is 0 Å². The van der Waals surface area contributed by atoms with Crippen LogP contribution in [0.15, 0.2) is 48.6 Å². The van der Waals surface area contributed by atoms with Crippen LogP contribution in [0.5, 0.6) is 0 Å². The number of amides is 1. The Morgan fingerprint density at radius 2 is 0.800 bits per heavy atom. The van der Waals surface area contributed by atoms with Crippen LogP contribution in [0, 0.1) is 0 Å². The monoisotopic (exact) mass is 1200 g/mol. The van der Waals surface area contributed by atoms with Crippen molar-refractivity contribution in [1.82, 2.24) is 5.32 Å². The Labute approximate surface area is 523 Å². The Hall–Kier alpha value is -2.38. The zero-order valence-corrected chi connectivity index (χ0v) is 55.3. The first kappa shape index (κ1) is 80.6. The van der Waals surface area contributed by atoms with E-state index in [1.807, 2.05) is 6.08 Å². The summed E-state index contributed by atoms with van der Waals surface area (Å²) in [6.07, 6.45) is 72.7. The van der Waals surface area contributed by atoms with Gasteiger partial charge in [0.05, 0.1) is 32.0 Å². The van der Waals surface area contributed by atoms with E-state index in [0.717, 1.165) is 57.8 Å². The van der Waals surface area contributed by atoms with Crippen molar-refractivity contribution in [1.29, 1.82) is 0 Å². The van der Waals surface area contributed by atoms with Gasteiger partial charge in [0.1, 0.15) is 24.4 Å². The standard InChI is InChI=1S/C74H137NO10/c1-3-5-7-9-11-13-15-16-39-42-46-50-54-58-62-70(79)83-63-59-55-51-47-43-40-37-35-33-31-29-27-25-23-21-19-17-18-20-22-24-26-28-30-32-34-36-38-41-45-49-53-57-61-69(78)75-66(65-84-74-73(82)72(81)71(80)68(64-76)85-74)67(77)60-56-52-48-44-14-12-10-8-6-4-2/h14,21,23,27,29,44,56,60,66-68,71-74,76-77,80-82H,3-13,15-20,22,24-26,28,30-43,45-55,57-59,61-65H2,1-2H3,(H,75,78)/b23-21-,29-27-,44-14+,60-56+. The lowest BCUT2D eigenvalue weighted by molar-refractivity contribution is -0.302. The summed E-state index contributed by atoms with van der Waals surface area (Å²) >= 11 is 0. The fourth-order valence-corrected chi connectivity index (χ4v) is 11.4. The molecule has 0 spiro atoms. The Morgan fingerprint density at radius 3 is 1.25 bits per heavy atom. The van der Waals surface area contributed by atoms with Gasteiger partial charge in [0.25, 0.3) is 0 Å². The van der Waals surface area contributed by atoms with Gasteiger partial charge in [0.15, 0.2) is 6.29 Å². The van der Waals surface area contributed by atoms with Crippen molar-refractivity contribution in [3.63, 3.8) is 0 Å². The number of allylic oxidation sites excluding steroid dienone is 7. The van der Waals surface area contributed by atoms with Gasteiger partial charge in [0.2, 0.25) is 5.91 Å². The number of hydrogen-bond acceptors (Lipinski definition) is 10. The van der Waals surface area contributed by atoms with Gasteiger partial charge in [-0.1, -0.05) is 306 Å². The average Bonchev–Trinajstić information content (AvgIpc) is 3.39. The largest absolute Gasteiger partial charge is 0.466 e. The lowest BCUT2D eigenvalue weighted by Gasteiger charge is -2.40. The molecule has 11 heteroatoms. The molecule has 1 heterocycles. The van der Waals surface area contributed by atoms with Gasteiger partial charge in [-0.3, -0.25) is 9.59 Å². The van der Waals surface area contributed by atoms with Crippen LogP contribution >= 0.6 is 0 Å². The molecule has 1 amide bonds. The summed E-state index contributed by atoms with van der Waals surface area (Å²) in [7, 11) is 0. The molecule has 0 saturated carbocycles. The first-order valence-electron chi connectivity index (χ1n) is 36.4. The summed E-state index contributed by atoms with van der Waals surface area (Å²) in [5, 5.41) is 54.3. The van der Waals surface area contributed by atoms with Crippen molar-refractivity contribution in [2.75, 3.05) is 19.8 Å². The van der Waals surface area contributed by atoms with Gasteiger partial charge >= 0.3 is 5.97 Å². The third-order valence-electron chi connectivity index (χ3n) is 17.2. The maximum Gasteiger partial charge on any atom is 0.305 e. The summed E-state index contributed by atoms with van der Waals surface area (Å²) in [5.74, 6) is -0.182. The summed E-state index contributed by atoms with van der Waals surface area (Å²) in [4.78, 5) is 25.1. The molecule has 7 atom stereocenters. The number of hydrogen-bond donors (Lipinski definition) is 6. The molecule has 1 aliphatic heterocycles. The zero-order chi connectivity index (χ0) is 61.6. The molecule has 6 N–H and O–H groups in total. The first-order valence-corrected chi connectivity index (χ1v) is 36.4. The van der Waals surface area contributed by atoms with Crippen molar-refractivity contribution in [2.45, 2.75) is 391 Å². The lowest BCUT2D eigenvalue weighted by atomic mass is 9.99. The third-order valence-corrected chi connectivity index (χ3v) is 17.2. The molecule has 0 radical (unpaired) electrons. The van der Waals surface area contributed by atoms with Crippen LogP contribution in [0.4, 0.5) is 0 Å². The number of ether oxygens (including phenoxy) is 3. The number of carbonyl (C=O) groups excluding carboxylic acids is 2. The van der Waals surface area contributed by atoms with Crippen LogP contribution in [0.3, 0.4) is 0 Å². The molecule has 11 nitrogen and oxygen atoms in total. The van der Waals surface area contributed by atoms with Gasteiger partial charge in [-0.05, 0) is 77.0 Å². The highest BCUT2D eigenvalue weighted by Crippen LogP contribution is 2.23. The first-order chi connectivity index (χ1) is 41.7. The van der Waals surface area contributed by atoms with E-state index in [1.54, 1.807) is 6.08 Å². The van der Waals surface area contributed by atoms with Crippen molar-refractivity contribution in [3.05, 3.63) is 48.6 Å². The summed E-state index contributed by atoms with van der Waals surface area (Å²) in [6, 6.07) is -0.825. The molecule has 0 aromatic heterocycles. The Morgan fingerprint density at radius 1 is 0.435 bits per heavy atom. The minimum absolute atomic E-state index is 0.00909. The number of rotatable bonds is 64. The molecule has 0 aromatic rings. The SMILES string of the molecule is CCCCCC/C=C/CC/C=C/C(O)C(COC1OC(CO)C(O)C(O)C1O)NC(=O)CCCCCCCCCCCCCCCCCCC/C=C\C/C=C\CCCCCCCCCCCOC(=O)CCCCCCCCCCCCCCCC. The minimum Gasteiger partial charge on any atom is -0.466 e. The Kier molecular flexibility index (Phi) is 60.0. The number of aliphatic hydroxyl groups is 5. The second kappa shape index (κ2) is 63.2. The van der Waals surface area contributed by atoms with E-state index in [1.165, 1.54) is 263 Å². The summed E-state index contributed by atoms with van der Waals surface area (Å²) < 4.78 is 16.7. The fraction of sp³-hybridized carbons (Fsp3) is 0.865. The third kappa shape index (κ3) is 52.1. The van der Waals surface area contributed by atoms with Crippen LogP contribution in [0.25, 0.3) is 0 Å². The predicted molar refractivity (Wildman–Crippen MR) is 357 cm³/mol. The van der Waals surface area contributed by atoms with Gasteiger partial charge in [-0.2, -0.15) is 0 Å². The van der Waals surface area contributed by atoms with Gasteiger partial charge in [-0.15, -0.1) is 0 Å². The Bertz CT molecular complexity index is 1550. The number of esters is 1. The van der Waals surface area contributed by atoms with E-state index < -0.39 is 49.5 Å². The molecular weight excluding hydrogens is 1060 g/mol. The van der Waals surface area contributed by atoms with Gasteiger partial charge in [0, 0.05) is 12.8 Å². The maximum absolute atomic E-state index is 13.0. The van der Waals surface area contributed by atoms with E-state index >= 15 is 0 Å². The van der Waals surface area contributed by atoms with E-state index in [2.05, 4.69) is 55.6 Å². The average molecular weight is 1200 g/mol. The number of aliphatic hydroxyl groups excluding tert-OH is 5. The summed E-state index contributed by atoms with van der Waals surface area (Å²) in [5.41, 5.74) is 0. The highest BCUT2D eigenvalue weighted by Gasteiger charge is 2.44. The van der Waals surface area contributed by atoms with Crippen molar-refractivity contribution in [2.24, 2.45) is 0 Å². The minimum atomic E-state index is -1.58. The lowest BCUT2D eigenvalue weighted by Crippen LogP contribution is -2.60. The number of carbonyl (C=O) groups is 2. The van der Waals surface area contributed by atoms with Crippen molar-refractivity contribution >= 4 is 11.9 Å². The van der Waals surface area contributed by atoms with Crippen LogP contribution in [-0.4, -0.2) is 100 Å². The topological polar surface area (TPSA) is 175 Å². The highest BCUT2D eigenvalue weighted by atomic mass is 16.7. The molecule has 1 aliphatic rings.